The van der Waals surface area contributed by atoms with Crippen LogP contribution in [-0.4, -0.2) is 34.9 Å². The summed E-state index contributed by atoms with van der Waals surface area (Å²) in [4.78, 5) is 37.5. The van der Waals surface area contributed by atoms with Gasteiger partial charge >= 0.3 is 12.0 Å². The molecule has 128 valence electrons. The fourth-order valence-electron chi connectivity index (χ4n) is 3.39. The molecule has 1 saturated heterocycles. The third kappa shape index (κ3) is 3.42. The Bertz CT molecular complexity index is 623. The van der Waals surface area contributed by atoms with Crippen LogP contribution in [0.4, 0.5) is 4.79 Å². The molecule has 6 nitrogen and oxygen atoms in total. The maximum absolute atomic E-state index is 12.5. The summed E-state index contributed by atoms with van der Waals surface area (Å²) in [6.45, 7) is 0.499. The number of esters is 1. The van der Waals surface area contributed by atoms with Gasteiger partial charge in [-0.2, -0.15) is 0 Å². The van der Waals surface area contributed by atoms with E-state index in [-0.39, 0.29) is 37.5 Å². The fraction of sp³-hybridized carbons (Fsp3) is 0.500. The number of ether oxygens (including phenoxy) is 1. The van der Waals surface area contributed by atoms with Crippen molar-refractivity contribution in [3.8, 4) is 0 Å². The van der Waals surface area contributed by atoms with Gasteiger partial charge in [-0.1, -0.05) is 43.2 Å². The number of nitrogens with zero attached hydrogens (tertiary/aromatic N) is 1. The van der Waals surface area contributed by atoms with Gasteiger partial charge in [0.25, 0.3) is 5.91 Å². The molecule has 1 aromatic rings. The summed E-state index contributed by atoms with van der Waals surface area (Å²) in [5.74, 6) is -0.455. The minimum Gasteiger partial charge on any atom is -0.461 e. The van der Waals surface area contributed by atoms with E-state index >= 15 is 0 Å². The molecule has 6 heteroatoms. The second-order valence-electron chi connectivity index (χ2n) is 6.43. The van der Waals surface area contributed by atoms with Crippen LogP contribution >= 0.6 is 0 Å². The summed E-state index contributed by atoms with van der Waals surface area (Å²) >= 11 is 0. The highest BCUT2D eigenvalue weighted by molar-refractivity contribution is 6.07. The van der Waals surface area contributed by atoms with E-state index in [1.807, 2.05) is 30.3 Å². The summed E-state index contributed by atoms with van der Waals surface area (Å²) in [6.07, 6.45) is 3.97. The standard InChI is InChI=1S/C18H22N2O4/c21-15(24-13-14-7-2-1-3-8-14)9-6-12-20-16(22)18(19-17(20)23)10-4-5-11-18/h1-3,7-8H,4-6,9-13H2,(H,19,23). The predicted octanol–water partition coefficient (Wildman–Crippen LogP) is 2.37. The molecule has 0 unspecified atom stereocenters. The number of nitrogens with one attached hydrogen (secondary N) is 1. The second-order valence-corrected chi connectivity index (χ2v) is 6.43. The van der Waals surface area contributed by atoms with Crippen LogP contribution in [0.3, 0.4) is 0 Å². The van der Waals surface area contributed by atoms with Gasteiger partial charge in [-0.15, -0.1) is 0 Å². The van der Waals surface area contributed by atoms with Gasteiger partial charge in [0.15, 0.2) is 0 Å². The van der Waals surface area contributed by atoms with Crippen molar-refractivity contribution in [3.63, 3.8) is 0 Å². The maximum atomic E-state index is 12.5. The van der Waals surface area contributed by atoms with E-state index in [1.165, 1.54) is 4.90 Å². The smallest absolute Gasteiger partial charge is 0.325 e. The average molecular weight is 330 g/mol. The molecule has 3 amide bonds. The number of benzene rings is 1. The first-order chi connectivity index (χ1) is 11.6. The van der Waals surface area contributed by atoms with Crippen LogP contribution in [0.1, 0.15) is 44.1 Å². The number of urea groups is 1. The number of carbonyl (C=O) groups excluding carboxylic acids is 3. The number of rotatable bonds is 6. The molecule has 1 aliphatic heterocycles. The molecule has 0 atom stereocenters. The number of hydrogen-bond donors (Lipinski definition) is 1. The first-order valence-electron chi connectivity index (χ1n) is 8.44. The molecule has 2 aliphatic rings. The SMILES string of the molecule is O=C(CCCN1C(=O)NC2(CCCC2)C1=O)OCc1ccccc1. The average Bonchev–Trinajstić information content (AvgIpc) is 3.14. The van der Waals surface area contributed by atoms with Crippen molar-refractivity contribution in [1.82, 2.24) is 10.2 Å². The molecule has 0 aromatic heterocycles. The lowest BCUT2D eigenvalue weighted by molar-refractivity contribution is -0.145. The van der Waals surface area contributed by atoms with Crippen molar-refractivity contribution in [2.45, 2.75) is 50.7 Å². The van der Waals surface area contributed by atoms with E-state index in [1.54, 1.807) is 0 Å². The van der Waals surface area contributed by atoms with Gasteiger partial charge in [-0.3, -0.25) is 14.5 Å². The first-order valence-corrected chi connectivity index (χ1v) is 8.44. The first kappa shape index (κ1) is 16.5. The van der Waals surface area contributed by atoms with Crippen LogP contribution in [0.15, 0.2) is 30.3 Å². The van der Waals surface area contributed by atoms with Gasteiger partial charge in [0.05, 0.1) is 0 Å². The van der Waals surface area contributed by atoms with Crippen LogP contribution < -0.4 is 5.32 Å². The van der Waals surface area contributed by atoms with E-state index in [0.29, 0.717) is 19.3 Å². The van der Waals surface area contributed by atoms with Crippen LogP contribution in [0, 0.1) is 0 Å². The molecular formula is C18H22N2O4. The lowest BCUT2D eigenvalue weighted by Gasteiger charge is -2.19. The molecule has 1 spiro atoms. The van der Waals surface area contributed by atoms with E-state index in [4.69, 9.17) is 4.74 Å². The van der Waals surface area contributed by atoms with Crippen molar-refractivity contribution < 1.29 is 19.1 Å². The zero-order valence-electron chi connectivity index (χ0n) is 13.6. The second kappa shape index (κ2) is 7.03. The molecule has 0 bridgehead atoms. The molecule has 1 heterocycles. The monoisotopic (exact) mass is 330 g/mol. The third-order valence-corrected chi connectivity index (χ3v) is 4.71. The molecule has 1 aliphatic carbocycles. The molecule has 1 saturated carbocycles. The normalized spacial score (nSPS) is 18.9. The van der Waals surface area contributed by atoms with Crippen molar-refractivity contribution in [2.75, 3.05) is 6.54 Å². The lowest BCUT2D eigenvalue weighted by Crippen LogP contribution is -2.44. The summed E-state index contributed by atoms with van der Waals surface area (Å²) in [6, 6.07) is 9.13. The largest absolute Gasteiger partial charge is 0.461 e. The zero-order valence-corrected chi connectivity index (χ0v) is 13.6. The topological polar surface area (TPSA) is 75.7 Å². The number of carbonyl (C=O) groups is 3. The van der Waals surface area contributed by atoms with E-state index in [2.05, 4.69) is 5.32 Å². The Morgan fingerprint density at radius 3 is 2.58 bits per heavy atom. The Kier molecular flexibility index (Phi) is 4.83. The van der Waals surface area contributed by atoms with Crippen LogP contribution in [0.5, 0.6) is 0 Å². The highest BCUT2D eigenvalue weighted by Crippen LogP contribution is 2.35. The molecule has 2 fully saturated rings. The Labute approximate surface area is 141 Å². The summed E-state index contributed by atoms with van der Waals surface area (Å²) in [5, 5.41) is 2.84. The Morgan fingerprint density at radius 2 is 1.88 bits per heavy atom. The summed E-state index contributed by atoms with van der Waals surface area (Å²) < 4.78 is 5.20. The summed E-state index contributed by atoms with van der Waals surface area (Å²) in [5.41, 5.74) is 0.258. The predicted molar refractivity (Wildman–Crippen MR) is 86.9 cm³/mol. The van der Waals surface area contributed by atoms with Gasteiger partial charge in [-0.05, 0) is 24.8 Å². The quantitative estimate of drug-likeness (QED) is 0.642. The van der Waals surface area contributed by atoms with Gasteiger partial charge in [0, 0.05) is 13.0 Å². The molecule has 1 aromatic carbocycles. The van der Waals surface area contributed by atoms with Gasteiger partial charge in [-0.25, -0.2) is 4.79 Å². The molecule has 24 heavy (non-hydrogen) atoms. The maximum Gasteiger partial charge on any atom is 0.325 e. The van der Waals surface area contributed by atoms with E-state index < -0.39 is 5.54 Å². The van der Waals surface area contributed by atoms with Gasteiger partial charge in [0.1, 0.15) is 12.1 Å². The van der Waals surface area contributed by atoms with Gasteiger partial charge in [0.2, 0.25) is 0 Å². The number of imide groups is 1. The van der Waals surface area contributed by atoms with Crippen molar-refractivity contribution in [2.24, 2.45) is 0 Å². The molecule has 3 rings (SSSR count). The highest BCUT2D eigenvalue weighted by Gasteiger charge is 2.51. The van der Waals surface area contributed by atoms with Gasteiger partial charge < -0.3 is 10.1 Å². The minimum atomic E-state index is -0.676. The van der Waals surface area contributed by atoms with Crippen LogP contribution in [0.2, 0.25) is 0 Å². The third-order valence-electron chi connectivity index (χ3n) is 4.71. The van der Waals surface area contributed by atoms with Crippen LogP contribution in [0.25, 0.3) is 0 Å². The molecular weight excluding hydrogens is 308 g/mol. The Hall–Kier alpha value is -2.37. The number of amides is 3. The lowest BCUT2D eigenvalue weighted by atomic mass is 9.98. The Balaban J connectivity index is 1.42. The van der Waals surface area contributed by atoms with Crippen molar-refractivity contribution in [1.29, 1.82) is 0 Å². The fourth-order valence-corrected chi connectivity index (χ4v) is 3.39. The molecule has 0 radical (unpaired) electrons. The minimum absolute atomic E-state index is 0.136. The summed E-state index contributed by atoms with van der Waals surface area (Å²) in [7, 11) is 0. The van der Waals surface area contributed by atoms with E-state index in [0.717, 1.165) is 18.4 Å². The zero-order chi connectivity index (χ0) is 17.0. The molecule has 1 N–H and O–H groups in total. The van der Waals surface area contributed by atoms with Crippen molar-refractivity contribution >= 4 is 17.9 Å². The van der Waals surface area contributed by atoms with Crippen LogP contribution in [-0.2, 0) is 20.9 Å². The number of hydrogen-bond acceptors (Lipinski definition) is 4. The highest BCUT2D eigenvalue weighted by atomic mass is 16.5. The van der Waals surface area contributed by atoms with Crippen molar-refractivity contribution in [3.05, 3.63) is 35.9 Å². The Morgan fingerprint density at radius 1 is 1.17 bits per heavy atom. The van der Waals surface area contributed by atoms with E-state index in [9.17, 15) is 14.4 Å².